The standard InChI is InChI=1S/C18H21N3O3S/c22-18(21-10-2-1-3-11-21)16-7-4-8-17(12-16)25(23,24)20-14-15-6-5-9-19-13-15/h4-9,12-13,20H,1-3,10-11,14H2. The van der Waals surface area contributed by atoms with E-state index in [2.05, 4.69) is 9.71 Å². The Morgan fingerprint density at radius 2 is 1.92 bits per heavy atom. The van der Waals surface area contributed by atoms with Crippen LogP contribution >= 0.6 is 0 Å². The van der Waals surface area contributed by atoms with Crippen LogP contribution in [0, 0.1) is 0 Å². The molecule has 1 aliphatic rings. The number of aromatic nitrogens is 1. The third-order valence-electron chi connectivity index (χ3n) is 4.22. The van der Waals surface area contributed by atoms with Gasteiger partial charge in [0.05, 0.1) is 4.90 Å². The molecule has 0 bridgehead atoms. The minimum atomic E-state index is -3.69. The highest BCUT2D eigenvalue weighted by atomic mass is 32.2. The number of piperidine rings is 1. The quantitative estimate of drug-likeness (QED) is 0.887. The fraction of sp³-hybridized carbons (Fsp3) is 0.333. The van der Waals surface area contributed by atoms with Gasteiger partial charge < -0.3 is 4.90 Å². The van der Waals surface area contributed by atoms with Gasteiger partial charge in [-0.25, -0.2) is 13.1 Å². The Kier molecular flexibility index (Phi) is 5.45. The minimum absolute atomic E-state index is 0.0965. The lowest BCUT2D eigenvalue weighted by Gasteiger charge is -2.26. The van der Waals surface area contributed by atoms with Gasteiger partial charge in [-0.2, -0.15) is 0 Å². The lowest BCUT2D eigenvalue weighted by molar-refractivity contribution is 0.0724. The van der Waals surface area contributed by atoms with Crippen LogP contribution in [0.1, 0.15) is 35.2 Å². The fourth-order valence-corrected chi connectivity index (χ4v) is 3.90. The second kappa shape index (κ2) is 7.76. The van der Waals surface area contributed by atoms with E-state index in [4.69, 9.17) is 0 Å². The number of amides is 1. The maximum absolute atomic E-state index is 12.6. The van der Waals surface area contributed by atoms with Gasteiger partial charge in [0.2, 0.25) is 10.0 Å². The molecule has 25 heavy (non-hydrogen) atoms. The lowest BCUT2D eigenvalue weighted by Crippen LogP contribution is -2.35. The van der Waals surface area contributed by atoms with Crippen LogP contribution in [0.3, 0.4) is 0 Å². The molecule has 0 unspecified atom stereocenters. The van der Waals surface area contributed by atoms with Crippen molar-refractivity contribution in [2.24, 2.45) is 0 Å². The molecule has 132 valence electrons. The van der Waals surface area contributed by atoms with Crippen molar-refractivity contribution in [1.29, 1.82) is 0 Å². The molecule has 1 saturated heterocycles. The van der Waals surface area contributed by atoms with Crippen LogP contribution in [-0.2, 0) is 16.6 Å². The first kappa shape index (κ1) is 17.6. The van der Waals surface area contributed by atoms with Crippen LogP contribution in [0.4, 0.5) is 0 Å². The molecule has 1 amide bonds. The average Bonchev–Trinajstić information content (AvgIpc) is 2.67. The highest BCUT2D eigenvalue weighted by molar-refractivity contribution is 7.89. The number of pyridine rings is 1. The summed E-state index contributed by atoms with van der Waals surface area (Å²) in [7, 11) is -3.69. The summed E-state index contributed by atoms with van der Waals surface area (Å²) < 4.78 is 27.5. The Balaban J connectivity index is 1.74. The van der Waals surface area contributed by atoms with Crippen molar-refractivity contribution < 1.29 is 13.2 Å². The summed E-state index contributed by atoms with van der Waals surface area (Å²) >= 11 is 0. The Hall–Kier alpha value is -2.25. The van der Waals surface area contributed by atoms with Crippen molar-refractivity contribution in [3.8, 4) is 0 Å². The molecule has 1 aromatic heterocycles. The second-order valence-electron chi connectivity index (χ2n) is 6.07. The number of rotatable bonds is 5. The molecule has 2 aromatic rings. The zero-order valence-corrected chi connectivity index (χ0v) is 14.7. The number of benzene rings is 1. The maximum atomic E-state index is 12.6. The van der Waals surface area contributed by atoms with E-state index in [1.165, 1.54) is 12.1 Å². The van der Waals surface area contributed by atoms with Crippen molar-refractivity contribution in [1.82, 2.24) is 14.6 Å². The summed E-state index contributed by atoms with van der Waals surface area (Å²) in [6.07, 6.45) is 6.37. The van der Waals surface area contributed by atoms with Crippen LogP contribution in [0.5, 0.6) is 0 Å². The number of likely N-dealkylation sites (tertiary alicyclic amines) is 1. The predicted octanol–water partition coefficient (Wildman–Crippen LogP) is 2.19. The Labute approximate surface area is 147 Å². The van der Waals surface area contributed by atoms with Crippen molar-refractivity contribution >= 4 is 15.9 Å². The summed E-state index contributed by atoms with van der Waals surface area (Å²) in [4.78, 5) is 18.4. The Bertz CT molecular complexity index is 832. The number of carbonyl (C=O) groups excluding carboxylic acids is 1. The zero-order chi connectivity index (χ0) is 17.7. The molecule has 0 saturated carbocycles. The van der Waals surface area contributed by atoms with E-state index in [1.54, 1.807) is 41.6 Å². The van der Waals surface area contributed by atoms with Crippen LogP contribution in [0.15, 0.2) is 53.7 Å². The SMILES string of the molecule is O=C(c1cccc(S(=O)(=O)NCc2cccnc2)c1)N1CCCCC1. The molecule has 0 atom stereocenters. The van der Waals surface area contributed by atoms with E-state index in [9.17, 15) is 13.2 Å². The summed E-state index contributed by atoms with van der Waals surface area (Å²) in [6, 6.07) is 9.77. The molecule has 0 radical (unpaired) electrons. The van der Waals surface area contributed by atoms with Crippen molar-refractivity contribution in [2.45, 2.75) is 30.7 Å². The Morgan fingerprint density at radius 3 is 2.64 bits per heavy atom. The van der Waals surface area contributed by atoms with E-state index in [0.717, 1.165) is 37.9 Å². The number of hydrogen-bond acceptors (Lipinski definition) is 4. The molecule has 1 aromatic carbocycles. The van der Waals surface area contributed by atoms with Gasteiger partial charge in [0.1, 0.15) is 0 Å². The first-order valence-electron chi connectivity index (χ1n) is 8.34. The van der Waals surface area contributed by atoms with Gasteiger partial charge in [-0.3, -0.25) is 9.78 Å². The van der Waals surface area contributed by atoms with Crippen LogP contribution in [0.2, 0.25) is 0 Å². The topological polar surface area (TPSA) is 79.4 Å². The van der Waals surface area contributed by atoms with Crippen LogP contribution in [0.25, 0.3) is 0 Å². The van der Waals surface area contributed by atoms with Gasteiger partial charge in [0, 0.05) is 37.6 Å². The molecule has 1 aliphatic heterocycles. The van der Waals surface area contributed by atoms with Gasteiger partial charge >= 0.3 is 0 Å². The van der Waals surface area contributed by atoms with E-state index in [1.807, 2.05) is 0 Å². The molecule has 2 heterocycles. The number of carbonyl (C=O) groups is 1. The van der Waals surface area contributed by atoms with E-state index in [0.29, 0.717) is 5.56 Å². The minimum Gasteiger partial charge on any atom is -0.339 e. The van der Waals surface area contributed by atoms with E-state index >= 15 is 0 Å². The summed E-state index contributed by atoms with van der Waals surface area (Å²) in [5, 5.41) is 0. The fourth-order valence-electron chi connectivity index (χ4n) is 2.84. The largest absolute Gasteiger partial charge is 0.339 e. The number of nitrogens with one attached hydrogen (secondary N) is 1. The lowest BCUT2D eigenvalue weighted by atomic mass is 10.1. The second-order valence-corrected chi connectivity index (χ2v) is 7.83. The zero-order valence-electron chi connectivity index (χ0n) is 13.9. The van der Waals surface area contributed by atoms with E-state index < -0.39 is 10.0 Å². The average molecular weight is 359 g/mol. The van der Waals surface area contributed by atoms with Gasteiger partial charge in [-0.15, -0.1) is 0 Å². The number of sulfonamides is 1. The molecular formula is C18H21N3O3S. The van der Waals surface area contributed by atoms with Crippen molar-refractivity contribution in [3.63, 3.8) is 0 Å². The number of nitrogens with zero attached hydrogens (tertiary/aromatic N) is 2. The third kappa shape index (κ3) is 4.43. The highest BCUT2D eigenvalue weighted by Crippen LogP contribution is 2.17. The molecule has 1 fully saturated rings. The molecule has 0 spiro atoms. The van der Waals surface area contributed by atoms with Crippen molar-refractivity contribution in [2.75, 3.05) is 13.1 Å². The molecule has 6 nitrogen and oxygen atoms in total. The highest BCUT2D eigenvalue weighted by Gasteiger charge is 2.21. The maximum Gasteiger partial charge on any atom is 0.253 e. The van der Waals surface area contributed by atoms with Gasteiger partial charge in [0.25, 0.3) is 5.91 Å². The molecule has 7 heteroatoms. The van der Waals surface area contributed by atoms with Gasteiger partial charge in [0.15, 0.2) is 0 Å². The van der Waals surface area contributed by atoms with E-state index in [-0.39, 0.29) is 17.3 Å². The third-order valence-corrected chi connectivity index (χ3v) is 5.62. The monoisotopic (exact) mass is 359 g/mol. The summed E-state index contributed by atoms with van der Waals surface area (Å²) in [5.41, 5.74) is 1.18. The van der Waals surface area contributed by atoms with Crippen LogP contribution < -0.4 is 4.72 Å². The molecular weight excluding hydrogens is 338 g/mol. The van der Waals surface area contributed by atoms with Crippen molar-refractivity contribution in [3.05, 3.63) is 59.9 Å². The summed E-state index contributed by atoms with van der Waals surface area (Å²) in [5.74, 6) is -0.107. The smallest absolute Gasteiger partial charge is 0.253 e. The first-order valence-corrected chi connectivity index (χ1v) is 9.82. The Morgan fingerprint density at radius 1 is 1.12 bits per heavy atom. The molecule has 1 N–H and O–H groups in total. The summed E-state index contributed by atoms with van der Waals surface area (Å²) in [6.45, 7) is 1.62. The predicted molar refractivity (Wildman–Crippen MR) is 94.5 cm³/mol. The van der Waals surface area contributed by atoms with Gasteiger partial charge in [-0.1, -0.05) is 12.1 Å². The first-order chi connectivity index (χ1) is 12.1. The van der Waals surface area contributed by atoms with Gasteiger partial charge in [-0.05, 0) is 49.1 Å². The molecule has 0 aliphatic carbocycles. The van der Waals surface area contributed by atoms with Crippen LogP contribution in [-0.4, -0.2) is 37.3 Å². The normalized spacial score (nSPS) is 15.1. The number of hydrogen-bond donors (Lipinski definition) is 1. The molecule has 3 rings (SSSR count).